The molecule has 0 aliphatic rings. The first-order valence-corrected chi connectivity index (χ1v) is 13.6. The van der Waals surface area contributed by atoms with E-state index in [1.54, 1.807) is 0 Å². The van der Waals surface area contributed by atoms with Gasteiger partial charge in [0.15, 0.2) is 0 Å². The van der Waals surface area contributed by atoms with Crippen LogP contribution in [0.25, 0.3) is 0 Å². The number of anilines is 2. The lowest BCUT2D eigenvalue weighted by atomic mass is 10.0. The molecule has 0 fully saturated rings. The number of nitrogens with zero attached hydrogens (tertiary/aromatic N) is 3. The topological polar surface area (TPSA) is 122 Å². The molecule has 0 saturated carbocycles. The van der Waals surface area contributed by atoms with E-state index in [2.05, 4.69) is 33.1 Å². The van der Waals surface area contributed by atoms with Crippen LogP contribution < -0.4 is 16.2 Å². The van der Waals surface area contributed by atoms with Crippen LogP contribution in [0.5, 0.6) is 0 Å². The molecule has 1 aromatic heterocycles. The molecule has 204 valence electrons. The number of carbonyl (C=O) groups excluding carboxylic acids is 1. The molecule has 37 heavy (non-hydrogen) atoms. The van der Waals surface area contributed by atoms with E-state index in [0.717, 1.165) is 31.7 Å². The lowest BCUT2D eigenvalue weighted by Gasteiger charge is -2.11. The van der Waals surface area contributed by atoms with Crippen LogP contribution in [-0.4, -0.2) is 27.3 Å². The van der Waals surface area contributed by atoms with Crippen molar-refractivity contribution in [2.45, 2.75) is 96.8 Å². The Hall–Kier alpha value is -3.30. The van der Waals surface area contributed by atoms with E-state index in [-0.39, 0.29) is 22.9 Å². The molecule has 1 aromatic carbocycles. The Bertz CT molecular complexity index is 959. The van der Waals surface area contributed by atoms with Crippen molar-refractivity contribution in [2.75, 3.05) is 17.3 Å². The van der Waals surface area contributed by atoms with Crippen LogP contribution in [0, 0.1) is 15.9 Å². The first-order chi connectivity index (χ1) is 18.0. The Kier molecular flexibility index (Phi) is 14.6. The summed E-state index contributed by atoms with van der Waals surface area (Å²) in [4.78, 5) is 31.1. The summed E-state index contributed by atoms with van der Waals surface area (Å²) in [6, 6.07) is 5.45. The van der Waals surface area contributed by atoms with Gasteiger partial charge in [-0.05, 0) is 18.6 Å². The molecule has 0 spiro atoms. The molecular weight excluding hydrogens is 475 g/mol. The van der Waals surface area contributed by atoms with Crippen molar-refractivity contribution in [3.63, 3.8) is 0 Å². The molecule has 1 heterocycles. The fourth-order valence-corrected chi connectivity index (χ4v) is 4.13. The fraction of sp³-hybridized carbons (Fsp3) is 0.593. The van der Waals surface area contributed by atoms with E-state index < -0.39 is 16.6 Å². The molecule has 1 amide bonds. The molecule has 0 aliphatic heterocycles. The lowest BCUT2D eigenvalue weighted by molar-refractivity contribution is -0.383. The van der Waals surface area contributed by atoms with Crippen molar-refractivity contribution >= 4 is 23.2 Å². The van der Waals surface area contributed by atoms with Crippen LogP contribution in [0.1, 0.15) is 107 Å². The predicted molar refractivity (Wildman–Crippen MR) is 145 cm³/mol. The number of aromatic nitrogens is 2. The van der Waals surface area contributed by atoms with E-state index in [1.165, 1.54) is 88.8 Å². The molecule has 2 aromatic rings. The molecule has 0 saturated heterocycles. The Balaban J connectivity index is 1.65. The third kappa shape index (κ3) is 11.5. The van der Waals surface area contributed by atoms with Crippen molar-refractivity contribution in [3.05, 3.63) is 52.1 Å². The zero-order valence-corrected chi connectivity index (χ0v) is 21.9. The maximum Gasteiger partial charge on any atom is 0.354 e. The molecule has 0 unspecified atom stereocenters. The van der Waals surface area contributed by atoms with Gasteiger partial charge < -0.3 is 5.32 Å². The number of hydrogen-bond donors (Lipinski definition) is 3. The first-order valence-electron chi connectivity index (χ1n) is 13.6. The minimum Gasteiger partial charge on any atom is -0.364 e. The number of rotatable bonds is 20. The van der Waals surface area contributed by atoms with Crippen molar-refractivity contribution in [3.8, 4) is 0 Å². The normalized spacial score (nSPS) is 10.8. The first kappa shape index (κ1) is 29.9. The van der Waals surface area contributed by atoms with Crippen LogP contribution in [0.15, 0.2) is 30.6 Å². The zero-order chi connectivity index (χ0) is 26.7. The highest BCUT2D eigenvalue weighted by Gasteiger charge is 2.23. The van der Waals surface area contributed by atoms with Gasteiger partial charge in [-0.15, -0.1) is 0 Å². The van der Waals surface area contributed by atoms with Gasteiger partial charge in [-0.25, -0.2) is 14.4 Å². The monoisotopic (exact) mass is 516 g/mol. The summed E-state index contributed by atoms with van der Waals surface area (Å²) in [5.41, 5.74) is 4.09. The lowest BCUT2D eigenvalue weighted by Crippen LogP contribution is -2.31. The second-order valence-corrected chi connectivity index (χ2v) is 9.26. The maximum absolute atomic E-state index is 13.8. The SMILES string of the molecule is CCCCCCCCCCCCCCCCNc1ncnc(NNC(=O)c2ccccc2F)c1[N+](=O)[O-]. The number of nitro groups is 1. The van der Waals surface area contributed by atoms with Crippen LogP contribution in [0.4, 0.5) is 21.7 Å². The van der Waals surface area contributed by atoms with Crippen molar-refractivity contribution in [2.24, 2.45) is 0 Å². The van der Waals surface area contributed by atoms with Crippen molar-refractivity contribution < 1.29 is 14.1 Å². The summed E-state index contributed by atoms with van der Waals surface area (Å²) in [5, 5.41) is 14.6. The van der Waals surface area contributed by atoms with Gasteiger partial charge in [0.05, 0.1) is 10.5 Å². The smallest absolute Gasteiger partial charge is 0.354 e. The molecule has 0 aliphatic carbocycles. The van der Waals surface area contributed by atoms with Crippen LogP contribution in [0.2, 0.25) is 0 Å². The number of benzene rings is 1. The molecule has 3 N–H and O–H groups in total. The standard InChI is InChI=1S/C27H41FN6O3/c1-2-3-4-5-6-7-8-9-10-11-12-13-14-17-20-29-25-24(34(36)37)26(31-21-30-25)32-33-27(35)22-18-15-16-19-23(22)28/h15-16,18-19,21H,2-14,17,20H2,1H3,(H,33,35)(H2,29,30,31,32). The zero-order valence-electron chi connectivity index (χ0n) is 21.9. The third-order valence-corrected chi connectivity index (χ3v) is 6.24. The van der Waals surface area contributed by atoms with Gasteiger partial charge in [-0.3, -0.25) is 25.8 Å². The number of unbranched alkanes of at least 4 members (excludes halogenated alkanes) is 13. The molecule has 9 nitrogen and oxygen atoms in total. The number of hydrogen-bond acceptors (Lipinski definition) is 7. The fourth-order valence-electron chi connectivity index (χ4n) is 4.13. The summed E-state index contributed by atoms with van der Waals surface area (Å²) in [5.74, 6) is -1.59. The van der Waals surface area contributed by atoms with Crippen LogP contribution >= 0.6 is 0 Å². The summed E-state index contributed by atoms with van der Waals surface area (Å²) in [7, 11) is 0. The largest absolute Gasteiger partial charge is 0.364 e. The number of nitrogens with one attached hydrogen (secondary N) is 3. The summed E-state index contributed by atoms with van der Waals surface area (Å²) < 4.78 is 13.8. The van der Waals surface area contributed by atoms with E-state index in [1.807, 2.05) is 0 Å². The Morgan fingerprint density at radius 3 is 1.97 bits per heavy atom. The van der Waals surface area contributed by atoms with E-state index in [9.17, 15) is 19.3 Å². The number of halogens is 1. The Morgan fingerprint density at radius 1 is 0.865 bits per heavy atom. The molecule has 10 heteroatoms. The van der Waals surface area contributed by atoms with Gasteiger partial charge in [-0.1, -0.05) is 103 Å². The molecule has 2 rings (SSSR count). The van der Waals surface area contributed by atoms with Gasteiger partial charge in [0.2, 0.25) is 11.6 Å². The minimum absolute atomic E-state index is 0.0670. The van der Waals surface area contributed by atoms with E-state index in [0.29, 0.717) is 6.54 Å². The van der Waals surface area contributed by atoms with Crippen LogP contribution in [0.3, 0.4) is 0 Å². The predicted octanol–water partition coefficient (Wildman–Crippen LogP) is 7.17. The highest BCUT2D eigenvalue weighted by molar-refractivity contribution is 5.95. The summed E-state index contributed by atoms with van der Waals surface area (Å²) >= 11 is 0. The van der Waals surface area contributed by atoms with Crippen LogP contribution in [-0.2, 0) is 0 Å². The number of carbonyl (C=O) groups is 1. The van der Waals surface area contributed by atoms with Gasteiger partial charge in [0.1, 0.15) is 12.1 Å². The highest BCUT2D eigenvalue weighted by atomic mass is 19.1. The summed E-state index contributed by atoms with van der Waals surface area (Å²) in [6.45, 7) is 2.79. The van der Waals surface area contributed by atoms with E-state index >= 15 is 0 Å². The quantitative estimate of drug-likeness (QED) is 0.0968. The van der Waals surface area contributed by atoms with Gasteiger partial charge >= 0.3 is 5.69 Å². The minimum atomic E-state index is -0.775. The van der Waals surface area contributed by atoms with Crippen molar-refractivity contribution in [1.82, 2.24) is 15.4 Å². The van der Waals surface area contributed by atoms with Gasteiger partial charge in [0.25, 0.3) is 5.91 Å². The van der Waals surface area contributed by atoms with E-state index in [4.69, 9.17) is 0 Å². The summed E-state index contributed by atoms with van der Waals surface area (Å²) in [6.07, 6.45) is 18.8. The third-order valence-electron chi connectivity index (χ3n) is 6.24. The van der Waals surface area contributed by atoms with Crippen molar-refractivity contribution in [1.29, 1.82) is 0 Å². The number of hydrazine groups is 1. The molecule has 0 atom stereocenters. The highest BCUT2D eigenvalue weighted by Crippen LogP contribution is 2.28. The maximum atomic E-state index is 13.8. The van der Waals surface area contributed by atoms with Gasteiger partial charge in [-0.2, -0.15) is 0 Å². The average Bonchev–Trinajstić information content (AvgIpc) is 2.89. The second kappa shape index (κ2) is 18.0. The second-order valence-electron chi connectivity index (χ2n) is 9.26. The molecule has 0 radical (unpaired) electrons. The molecule has 0 bridgehead atoms. The average molecular weight is 517 g/mol. The number of amides is 1. The molecular formula is C27H41FN6O3. The Morgan fingerprint density at radius 2 is 1.41 bits per heavy atom. The van der Waals surface area contributed by atoms with Gasteiger partial charge in [0, 0.05) is 6.54 Å². The Labute approximate surface area is 219 Å².